The Balaban J connectivity index is 1.47. The first-order chi connectivity index (χ1) is 15.9. The number of carbonyl (C=O) groups excluding carboxylic acids is 2. The third-order valence-corrected chi connectivity index (χ3v) is 8.53. The van der Waals surface area contributed by atoms with Gasteiger partial charge in [-0.1, -0.05) is 44.1 Å². The average molecular weight is 475 g/mol. The van der Waals surface area contributed by atoms with Gasteiger partial charge in [-0.25, -0.2) is 4.79 Å². The maximum absolute atomic E-state index is 12.5. The predicted molar refractivity (Wildman–Crippen MR) is 132 cm³/mol. The average Bonchev–Trinajstić information content (AvgIpc) is 3.05. The van der Waals surface area contributed by atoms with Gasteiger partial charge in [0.1, 0.15) is 5.78 Å². The van der Waals surface area contributed by atoms with Gasteiger partial charge < -0.3 is 14.9 Å². The van der Waals surface area contributed by atoms with Gasteiger partial charge in [0.25, 0.3) is 0 Å². The molecule has 0 radical (unpaired) electrons. The molecule has 0 spiro atoms. The van der Waals surface area contributed by atoms with Crippen molar-refractivity contribution in [1.29, 1.82) is 0 Å². The van der Waals surface area contributed by atoms with Crippen molar-refractivity contribution in [3.05, 3.63) is 47.5 Å². The Morgan fingerprint density at radius 1 is 1.30 bits per heavy atom. The van der Waals surface area contributed by atoms with Gasteiger partial charge in [0.05, 0.1) is 24.9 Å². The maximum Gasteiger partial charge on any atom is 0.337 e. The van der Waals surface area contributed by atoms with E-state index in [-0.39, 0.29) is 41.5 Å². The van der Waals surface area contributed by atoms with Crippen molar-refractivity contribution in [1.82, 2.24) is 0 Å². The van der Waals surface area contributed by atoms with Crippen LogP contribution in [0.1, 0.15) is 74.2 Å². The molecule has 0 amide bonds. The Morgan fingerprint density at radius 2 is 2.03 bits per heavy atom. The zero-order valence-corrected chi connectivity index (χ0v) is 20.7. The van der Waals surface area contributed by atoms with Crippen molar-refractivity contribution in [2.24, 2.45) is 17.3 Å². The second-order valence-electron chi connectivity index (χ2n) is 9.60. The van der Waals surface area contributed by atoms with Crippen molar-refractivity contribution in [2.45, 2.75) is 76.3 Å². The maximum atomic E-state index is 12.5. The Kier molecular flexibility index (Phi) is 9.59. The standard InChI is InChI=1S/C27H38O5S/c1-3-13-27(14-5-15-27)25(30)7-4-6-21-22(24(29)17-23(21)28)12-16-33-18-19-8-10-20(11-9-19)26(31)32-2/h4,6,8-11,21-23,25,28,30H,3,5,7,12-18H2,1-2H3/b6-4+/t21-,22?,23-,25?/m1/s1. The molecule has 1 aromatic carbocycles. The molecule has 4 atom stereocenters. The summed E-state index contributed by atoms with van der Waals surface area (Å²) in [4.78, 5) is 24.0. The molecular formula is C27H38O5S. The summed E-state index contributed by atoms with van der Waals surface area (Å²) in [6.45, 7) is 2.17. The van der Waals surface area contributed by atoms with E-state index in [9.17, 15) is 19.8 Å². The lowest BCUT2D eigenvalue weighted by molar-refractivity contribution is -0.121. The van der Waals surface area contributed by atoms with E-state index < -0.39 is 6.10 Å². The van der Waals surface area contributed by atoms with Crippen LogP contribution in [0.2, 0.25) is 0 Å². The fraction of sp³-hybridized carbons (Fsp3) is 0.630. The Hall–Kier alpha value is -1.63. The Bertz CT molecular complexity index is 814. The highest BCUT2D eigenvalue weighted by Gasteiger charge is 2.42. The highest BCUT2D eigenvalue weighted by Crippen LogP contribution is 2.48. The Labute approximate surface area is 202 Å². The molecule has 182 valence electrons. The number of carbonyl (C=O) groups is 2. The van der Waals surface area contributed by atoms with Crippen LogP contribution in [0.5, 0.6) is 0 Å². The quantitative estimate of drug-likeness (QED) is 0.254. The molecule has 33 heavy (non-hydrogen) atoms. The third-order valence-electron chi connectivity index (χ3n) is 7.47. The van der Waals surface area contributed by atoms with Crippen molar-refractivity contribution in [2.75, 3.05) is 12.9 Å². The van der Waals surface area contributed by atoms with Crippen molar-refractivity contribution >= 4 is 23.5 Å². The van der Waals surface area contributed by atoms with Gasteiger partial charge in [-0.3, -0.25) is 4.79 Å². The summed E-state index contributed by atoms with van der Waals surface area (Å²) >= 11 is 1.75. The van der Waals surface area contributed by atoms with Gasteiger partial charge in [-0.2, -0.15) is 11.8 Å². The number of methoxy groups -OCH3 is 1. The van der Waals surface area contributed by atoms with E-state index in [1.807, 2.05) is 24.3 Å². The SMILES string of the molecule is CCCC1(C(O)C/C=C/[C@@H]2C(CCSCc3ccc(C(=O)OC)cc3)C(=O)C[C@H]2O)CCC1. The predicted octanol–water partition coefficient (Wildman–Crippen LogP) is 4.94. The van der Waals surface area contributed by atoms with Crippen LogP contribution in [0, 0.1) is 17.3 Å². The number of Topliss-reactive ketones (excluding diaryl/α,β-unsaturated/α-hetero) is 1. The minimum atomic E-state index is -0.625. The lowest BCUT2D eigenvalue weighted by Gasteiger charge is -2.45. The summed E-state index contributed by atoms with van der Waals surface area (Å²) in [5.41, 5.74) is 1.73. The number of ketones is 1. The molecule has 2 N–H and O–H groups in total. The minimum Gasteiger partial charge on any atom is -0.465 e. The minimum absolute atomic E-state index is 0.0777. The number of aliphatic hydroxyl groups is 2. The van der Waals surface area contributed by atoms with Crippen LogP contribution in [-0.4, -0.2) is 47.0 Å². The van der Waals surface area contributed by atoms with Gasteiger partial charge in [-0.05, 0) is 61.0 Å². The molecule has 2 aliphatic carbocycles. The summed E-state index contributed by atoms with van der Waals surface area (Å²) < 4.78 is 4.72. The molecular weight excluding hydrogens is 436 g/mol. The lowest BCUT2D eigenvalue weighted by Crippen LogP contribution is -2.41. The van der Waals surface area contributed by atoms with Crippen LogP contribution in [-0.2, 0) is 15.3 Å². The number of esters is 1. The van der Waals surface area contributed by atoms with Gasteiger partial charge in [0.2, 0.25) is 0 Å². The molecule has 1 aromatic rings. The van der Waals surface area contributed by atoms with Gasteiger partial charge in [-0.15, -0.1) is 0 Å². The molecule has 6 heteroatoms. The third kappa shape index (κ3) is 6.49. The molecule has 2 saturated carbocycles. The van der Waals surface area contributed by atoms with Crippen LogP contribution in [0.3, 0.4) is 0 Å². The van der Waals surface area contributed by atoms with Crippen molar-refractivity contribution < 1.29 is 24.5 Å². The summed E-state index contributed by atoms with van der Waals surface area (Å²) in [5.74, 6) is 1.12. The normalized spacial score (nSPS) is 25.2. The number of benzene rings is 1. The monoisotopic (exact) mass is 474 g/mol. The Morgan fingerprint density at radius 3 is 2.64 bits per heavy atom. The molecule has 0 bridgehead atoms. The molecule has 2 aliphatic rings. The molecule has 2 fully saturated rings. The number of ether oxygens (including phenoxy) is 1. The van der Waals surface area contributed by atoms with Crippen LogP contribution in [0.15, 0.2) is 36.4 Å². The summed E-state index contributed by atoms with van der Waals surface area (Å²) in [6, 6.07) is 7.38. The molecule has 2 unspecified atom stereocenters. The van der Waals surface area contributed by atoms with E-state index in [0.717, 1.165) is 49.2 Å². The van der Waals surface area contributed by atoms with E-state index in [2.05, 4.69) is 6.92 Å². The molecule has 0 aliphatic heterocycles. The molecule has 0 saturated heterocycles. The molecule has 0 heterocycles. The first-order valence-electron chi connectivity index (χ1n) is 12.2. The van der Waals surface area contributed by atoms with E-state index in [0.29, 0.717) is 12.0 Å². The van der Waals surface area contributed by atoms with E-state index in [4.69, 9.17) is 4.74 Å². The van der Waals surface area contributed by atoms with Gasteiger partial charge in [0, 0.05) is 24.0 Å². The molecule has 0 aromatic heterocycles. The van der Waals surface area contributed by atoms with E-state index >= 15 is 0 Å². The fourth-order valence-electron chi connectivity index (χ4n) is 5.34. The second-order valence-corrected chi connectivity index (χ2v) is 10.7. The number of thioether (sulfide) groups is 1. The smallest absolute Gasteiger partial charge is 0.337 e. The first-order valence-corrected chi connectivity index (χ1v) is 13.4. The van der Waals surface area contributed by atoms with Crippen LogP contribution < -0.4 is 0 Å². The number of rotatable bonds is 12. The van der Waals surface area contributed by atoms with Crippen molar-refractivity contribution in [3.63, 3.8) is 0 Å². The topological polar surface area (TPSA) is 83.8 Å². The van der Waals surface area contributed by atoms with Crippen molar-refractivity contribution in [3.8, 4) is 0 Å². The molecule has 3 rings (SSSR count). The first kappa shape index (κ1) is 26.0. The van der Waals surface area contributed by atoms with Gasteiger partial charge >= 0.3 is 5.97 Å². The fourth-order valence-corrected chi connectivity index (χ4v) is 6.33. The highest BCUT2D eigenvalue weighted by atomic mass is 32.2. The lowest BCUT2D eigenvalue weighted by atomic mass is 9.62. The van der Waals surface area contributed by atoms with Crippen LogP contribution in [0.25, 0.3) is 0 Å². The van der Waals surface area contributed by atoms with Gasteiger partial charge in [0.15, 0.2) is 0 Å². The second kappa shape index (κ2) is 12.2. The zero-order chi connectivity index (χ0) is 23.8. The van der Waals surface area contributed by atoms with E-state index in [1.54, 1.807) is 23.9 Å². The van der Waals surface area contributed by atoms with E-state index in [1.165, 1.54) is 13.5 Å². The number of aliphatic hydroxyl groups excluding tert-OH is 2. The summed E-state index contributed by atoms with van der Waals surface area (Å²) in [5, 5.41) is 21.2. The zero-order valence-electron chi connectivity index (χ0n) is 19.9. The highest BCUT2D eigenvalue weighted by molar-refractivity contribution is 7.98. The largest absolute Gasteiger partial charge is 0.465 e. The van der Waals surface area contributed by atoms with Crippen LogP contribution >= 0.6 is 11.8 Å². The van der Waals surface area contributed by atoms with Crippen LogP contribution in [0.4, 0.5) is 0 Å². The summed E-state index contributed by atoms with van der Waals surface area (Å²) in [6.07, 6.45) is 10.1. The number of hydrogen-bond donors (Lipinski definition) is 2. The number of hydrogen-bond acceptors (Lipinski definition) is 6. The summed E-state index contributed by atoms with van der Waals surface area (Å²) in [7, 11) is 1.37. The molecule has 5 nitrogen and oxygen atoms in total.